The summed E-state index contributed by atoms with van der Waals surface area (Å²) < 4.78 is 4.60. The lowest BCUT2D eigenvalue weighted by atomic mass is 10.8. The molecule has 0 atom stereocenters. The van der Waals surface area contributed by atoms with Crippen LogP contribution in [0.3, 0.4) is 0 Å². The molecular formula is C7H12O2. The SMILES string of the molecule is C=CC=O.C=COCC. The molecule has 2 nitrogen and oxygen atoms in total. The van der Waals surface area contributed by atoms with Crippen molar-refractivity contribution < 1.29 is 9.53 Å². The molecule has 0 aliphatic heterocycles. The molecule has 0 heterocycles. The lowest BCUT2D eigenvalue weighted by Gasteiger charge is -1.84. The zero-order chi connectivity index (χ0) is 7.54. The third kappa shape index (κ3) is 44.8. The molecule has 0 aromatic rings. The van der Waals surface area contributed by atoms with Crippen LogP contribution in [0, 0.1) is 0 Å². The van der Waals surface area contributed by atoms with E-state index in [1.807, 2.05) is 6.92 Å². The molecule has 0 fully saturated rings. The van der Waals surface area contributed by atoms with Crippen molar-refractivity contribution in [3.63, 3.8) is 0 Å². The minimum atomic E-state index is 0.639. The summed E-state index contributed by atoms with van der Waals surface area (Å²) >= 11 is 0. The Labute approximate surface area is 55.8 Å². The lowest BCUT2D eigenvalue weighted by Crippen LogP contribution is -1.72. The second-order valence-corrected chi connectivity index (χ2v) is 0.994. The Morgan fingerprint density at radius 3 is 2.00 bits per heavy atom. The number of aldehydes is 1. The first-order valence-electron chi connectivity index (χ1n) is 2.62. The van der Waals surface area contributed by atoms with Gasteiger partial charge < -0.3 is 4.74 Å². The largest absolute Gasteiger partial charge is 0.502 e. The molecule has 0 aromatic carbocycles. The van der Waals surface area contributed by atoms with Crippen molar-refractivity contribution in [2.24, 2.45) is 0 Å². The number of rotatable bonds is 3. The van der Waals surface area contributed by atoms with E-state index in [0.717, 1.165) is 6.61 Å². The molecule has 0 saturated carbocycles. The predicted molar refractivity (Wildman–Crippen MR) is 38.1 cm³/mol. The van der Waals surface area contributed by atoms with E-state index in [9.17, 15) is 0 Å². The van der Waals surface area contributed by atoms with Crippen molar-refractivity contribution in [2.75, 3.05) is 6.61 Å². The van der Waals surface area contributed by atoms with E-state index in [1.54, 1.807) is 0 Å². The summed E-state index contributed by atoms with van der Waals surface area (Å²) in [5.41, 5.74) is 0. The number of carbonyl (C=O) groups excluding carboxylic acids is 1. The van der Waals surface area contributed by atoms with Crippen molar-refractivity contribution in [3.8, 4) is 0 Å². The van der Waals surface area contributed by atoms with Gasteiger partial charge in [0.1, 0.15) is 6.29 Å². The number of allylic oxidation sites excluding steroid dienone is 1. The fourth-order valence-corrected chi connectivity index (χ4v) is 0.118. The van der Waals surface area contributed by atoms with Crippen LogP contribution in [0.4, 0.5) is 0 Å². The fourth-order valence-electron chi connectivity index (χ4n) is 0.118. The molecule has 0 amide bonds. The molecule has 0 rings (SSSR count). The Balaban J connectivity index is 0. The summed E-state index contributed by atoms with van der Waals surface area (Å²) in [4.78, 5) is 9.06. The molecule has 2 heteroatoms. The van der Waals surface area contributed by atoms with Crippen molar-refractivity contribution in [2.45, 2.75) is 6.92 Å². The predicted octanol–water partition coefficient (Wildman–Crippen LogP) is 1.54. The fraction of sp³-hybridized carbons (Fsp3) is 0.286. The van der Waals surface area contributed by atoms with Crippen molar-refractivity contribution in [1.29, 1.82) is 0 Å². The molecular weight excluding hydrogens is 116 g/mol. The molecule has 0 bridgehead atoms. The van der Waals surface area contributed by atoms with Gasteiger partial charge in [-0.1, -0.05) is 13.2 Å². The third-order valence-corrected chi connectivity index (χ3v) is 0.381. The van der Waals surface area contributed by atoms with Crippen LogP contribution in [0.2, 0.25) is 0 Å². The summed E-state index contributed by atoms with van der Waals surface area (Å²) in [6, 6.07) is 0. The van der Waals surface area contributed by atoms with Crippen LogP contribution in [-0.4, -0.2) is 12.9 Å². The van der Waals surface area contributed by atoms with Crippen LogP contribution in [0.1, 0.15) is 6.92 Å². The number of ether oxygens (including phenoxy) is 1. The van der Waals surface area contributed by atoms with Crippen LogP contribution >= 0.6 is 0 Å². The summed E-state index contributed by atoms with van der Waals surface area (Å²) in [5, 5.41) is 0. The monoisotopic (exact) mass is 128 g/mol. The Kier molecular flexibility index (Phi) is 19.0. The van der Waals surface area contributed by atoms with E-state index < -0.39 is 0 Å². The van der Waals surface area contributed by atoms with E-state index in [-0.39, 0.29) is 0 Å². The van der Waals surface area contributed by atoms with Crippen molar-refractivity contribution in [3.05, 3.63) is 25.5 Å². The van der Waals surface area contributed by atoms with E-state index in [4.69, 9.17) is 4.79 Å². The van der Waals surface area contributed by atoms with Gasteiger partial charge in [-0.25, -0.2) is 0 Å². The highest BCUT2D eigenvalue weighted by molar-refractivity contribution is 5.63. The van der Waals surface area contributed by atoms with Crippen LogP contribution in [0.5, 0.6) is 0 Å². The molecule has 0 spiro atoms. The molecule has 0 N–H and O–H groups in total. The van der Waals surface area contributed by atoms with Crippen LogP contribution < -0.4 is 0 Å². The van der Waals surface area contributed by atoms with Gasteiger partial charge in [0.25, 0.3) is 0 Å². The minimum Gasteiger partial charge on any atom is -0.502 e. The molecule has 0 aliphatic rings. The van der Waals surface area contributed by atoms with Gasteiger partial charge in [0.05, 0.1) is 12.9 Å². The quantitative estimate of drug-likeness (QED) is 0.327. The molecule has 0 unspecified atom stereocenters. The maximum Gasteiger partial charge on any atom is 0.142 e. The molecule has 0 aliphatic carbocycles. The van der Waals surface area contributed by atoms with E-state index >= 15 is 0 Å². The van der Waals surface area contributed by atoms with Crippen LogP contribution in [0.25, 0.3) is 0 Å². The molecule has 0 saturated heterocycles. The van der Waals surface area contributed by atoms with E-state index in [2.05, 4.69) is 17.9 Å². The first kappa shape index (κ1) is 10.8. The highest BCUT2D eigenvalue weighted by Gasteiger charge is 1.55. The topological polar surface area (TPSA) is 26.3 Å². The smallest absolute Gasteiger partial charge is 0.142 e. The van der Waals surface area contributed by atoms with Gasteiger partial charge >= 0.3 is 0 Å². The Morgan fingerprint density at radius 2 is 2.00 bits per heavy atom. The van der Waals surface area contributed by atoms with Gasteiger partial charge in [0.2, 0.25) is 0 Å². The normalized spacial score (nSPS) is 5.89. The minimum absolute atomic E-state index is 0.639. The number of hydrogen-bond acceptors (Lipinski definition) is 2. The average molecular weight is 128 g/mol. The van der Waals surface area contributed by atoms with Gasteiger partial charge in [-0.05, 0) is 13.0 Å². The first-order valence-corrected chi connectivity index (χ1v) is 2.62. The van der Waals surface area contributed by atoms with Crippen LogP contribution in [-0.2, 0) is 9.53 Å². The molecule has 52 valence electrons. The van der Waals surface area contributed by atoms with Crippen molar-refractivity contribution in [1.82, 2.24) is 0 Å². The second-order valence-electron chi connectivity index (χ2n) is 0.994. The Hall–Kier alpha value is -1.05. The van der Waals surface area contributed by atoms with Crippen molar-refractivity contribution >= 4 is 6.29 Å². The zero-order valence-corrected chi connectivity index (χ0v) is 5.67. The van der Waals surface area contributed by atoms with Gasteiger partial charge in [-0.15, -0.1) is 0 Å². The molecule has 0 aromatic heterocycles. The zero-order valence-electron chi connectivity index (χ0n) is 5.67. The van der Waals surface area contributed by atoms with Gasteiger partial charge in [-0.2, -0.15) is 0 Å². The average Bonchev–Trinajstić information content (AvgIpc) is 1.91. The van der Waals surface area contributed by atoms with Gasteiger partial charge in [0, 0.05) is 0 Å². The molecule has 0 radical (unpaired) electrons. The van der Waals surface area contributed by atoms with Gasteiger partial charge in [-0.3, -0.25) is 4.79 Å². The number of carbonyl (C=O) groups is 1. The third-order valence-electron chi connectivity index (χ3n) is 0.381. The van der Waals surface area contributed by atoms with E-state index in [1.165, 1.54) is 12.3 Å². The summed E-state index contributed by atoms with van der Waals surface area (Å²) in [6.45, 7) is 9.08. The highest BCUT2D eigenvalue weighted by Crippen LogP contribution is 1.65. The van der Waals surface area contributed by atoms with Crippen LogP contribution in [0.15, 0.2) is 25.5 Å². The van der Waals surface area contributed by atoms with Gasteiger partial charge in [0.15, 0.2) is 0 Å². The first-order chi connectivity index (χ1) is 4.33. The number of hydrogen-bond donors (Lipinski definition) is 0. The lowest BCUT2D eigenvalue weighted by molar-refractivity contribution is -0.104. The maximum atomic E-state index is 9.06. The Bertz CT molecular complexity index is 71.0. The summed E-state index contributed by atoms with van der Waals surface area (Å²) in [6.07, 6.45) is 3.26. The summed E-state index contributed by atoms with van der Waals surface area (Å²) in [5.74, 6) is 0. The van der Waals surface area contributed by atoms with E-state index in [0.29, 0.717) is 6.29 Å². The Morgan fingerprint density at radius 1 is 1.56 bits per heavy atom. The molecule has 9 heavy (non-hydrogen) atoms. The second kappa shape index (κ2) is 15.8. The standard InChI is InChI=1S/C4H8O.C3H4O/c1-3-5-4-2;1-2-3-4/h3H,1,4H2,2H3;2-3H,1H2. The highest BCUT2D eigenvalue weighted by atomic mass is 16.5. The maximum absolute atomic E-state index is 9.06. The summed E-state index contributed by atoms with van der Waals surface area (Å²) in [7, 11) is 0.